The highest BCUT2D eigenvalue weighted by atomic mass is 32.1. The molecule has 45 valence electrons. The van der Waals surface area contributed by atoms with E-state index in [2.05, 4.69) is 12.2 Å². The first kappa shape index (κ1) is 6.23. The van der Waals surface area contributed by atoms with Crippen molar-refractivity contribution in [2.24, 2.45) is 0 Å². The van der Waals surface area contributed by atoms with Crippen molar-refractivity contribution in [1.82, 2.24) is 0 Å². The van der Waals surface area contributed by atoms with E-state index in [-0.39, 0.29) is 5.75 Å². The highest BCUT2D eigenvalue weighted by Gasteiger charge is 1.87. The molecule has 0 saturated carbocycles. The summed E-state index contributed by atoms with van der Waals surface area (Å²) in [7, 11) is 0. The van der Waals surface area contributed by atoms with Crippen molar-refractivity contribution in [3.05, 3.63) is 29.8 Å². The third kappa shape index (κ3) is 1.50. The Bertz CT molecular complexity index is 203. The quantitative estimate of drug-likeness (QED) is 0.543. The molecule has 0 amide bonds. The number of hydrogen-bond acceptors (Lipinski definition) is 1. The van der Waals surface area contributed by atoms with Crippen LogP contribution in [0.1, 0.15) is 5.56 Å². The molecule has 9 heavy (non-hydrogen) atoms. The van der Waals surface area contributed by atoms with Gasteiger partial charge in [0.25, 0.3) is 0 Å². The van der Waals surface area contributed by atoms with E-state index in [1.165, 1.54) is 12.1 Å². The van der Waals surface area contributed by atoms with Crippen LogP contribution < -0.4 is 0 Å². The molecule has 1 aromatic carbocycles. The monoisotopic (exact) mass is 137 g/mol. The second-order valence-corrected chi connectivity index (χ2v) is 1.92. The summed E-state index contributed by atoms with van der Waals surface area (Å²) in [6, 6.07) is 6.40. The van der Waals surface area contributed by atoms with E-state index in [0.29, 0.717) is 0 Å². The van der Waals surface area contributed by atoms with Gasteiger partial charge in [0.2, 0.25) is 0 Å². The summed E-state index contributed by atoms with van der Waals surface area (Å²) in [6.45, 7) is 0. The molecule has 0 bridgehead atoms. The van der Waals surface area contributed by atoms with Gasteiger partial charge in [-0.3, -0.25) is 5.11 Å². The Hall–Kier alpha value is -0.890. The van der Waals surface area contributed by atoms with Gasteiger partial charge < -0.3 is 0 Å². The largest absolute Gasteiger partial charge is 0.290 e. The maximum Gasteiger partial charge on any atom is 0.178 e. The lowest BCUT2D eigenvalue weighted by Gasteiger charge is -1.87. The van der Waals surface area contributed by atoms with Crippen molar-refractivity contribution < 1.29 is 5.11 Å². The smallest absolute Gasteiger partial charge is 0.178 e. The molecule has 0 aromatic heterocycles. The fourth-order valence-electron chi connectivity index (χ4n) is 0.546. The van der Waals surface area contributed by atoms with Crippen LogP contribution in [0.5, 0.6) is 5.75 Å². The molecule has 0 N–H and O–H groups in total. The lowest BCUT2D eigenvalue weighted by Crippen LogP contribution is -1.73. The van der Waals surface area contributed by atoms with Gasteiger partial charge in [-0.15, -0.1) is 0 Å². The second kappa shape index (κ2) is 2.60. The molecule has 0 heterocycles. The molecule has 0 aliphatic heterocycles. The Balaban J connectivity index is 3.01. The van der Waals surface area contributed by atoms with Gasteiger partial charge in [-0.25, -0.2) is 0 Å². The zero-order chi connectivity index (χ0) is 6.69. The van der Waals surface area contributed by atoms with E-state index in [0.717, 1.165) is 5.56 Å². The SMILES string of the molecule is [O]c1ccc(C=S)cc1. The van der Waals surface area contributed by atoms with Crippen LogP contribution in [0.4, 0.5) is 0 Å². The van der Waals surface area contributed by atoms with Gasteiger partial charge >= 0.3 is 0 Å². The van der Waals surface area contributed by atoms with Crippen LogP contribution >= 0.6 is 12.2 Å². The minimum absolute atomic E-state index is 0.0237. The molecular formula is C7H5OS. The maximum atomic E-state index is 10.5. The molecule has 1 rings (SSSR count). The molecule has 0 aliphatic carbocycles. The molecule has 0 aliphatic rings. The van der Waals surface area contributed by atoms with Crippen molar-refractivity contribution >= 4 is 17.6 Å². The molecular weight excluding hydrogens is 132 g/mol. The van der Waals surface area contributed by atoms with Crippen molar-refractivity contribution in [2.75, 3.05) is 0 Å². The second-order valence-electron chi connectivity index (χ2n) is 1.69. The Morgan fingerprint density at radius 1 is 1.22 bits per heavy atom. The molecule has 0 unspecified atom stereocenters. The topological polar surface area (TPSA) is 19.9 Å². The summed E-state index contributed by atoms with van der Waals surface area (Å²) in [5, 5.41) is 12.0. The molecule has 1 radical (unpaired) electrons. The van der Waals surface area contributed by atoms with Crippen molar-refractivity contribution in [3.8, 4) is 5.75 Å². The lowest BCUT2D eigenvalue weighted by atomic mass is 10.2. The van der Waals surface area contributed by atoms with Crippen LogP contribution in [0.15, 0.2) is 24.3 Å². The fraction of sp³-hybridized carbons (Fsp3) is 0. The van der Waals surface area contributed by atoms with Gasteiger partial charge in [0.1, 0.15) is 0 Å². The molecule has 0 fully saturated rings. The standard InChI is InChI=1S/C7H5OS/c8-7-3-1-6(5-9)2-4-7/h1-5H. The molecule has 1 nitrogen and oxygen atoms in total. The molecule has 0 spiro atoms. The lowest BCUT2D eigenvalue weighted by molar-refractivity contribution is 0.355. The van der Waals surface area contributed by atoms with Gasteiger partial charge in [0, 0.05) is 5.37 Å². The van der Waals surface area contributed by atoms with Gasteiger partial charge in [-0.1, -0.05) is 24.4 Å². The normalized spacial score (nSPS) is 8.89. The van der Waals surface area contributed by atoms with Crippen molar-refractivity contribution in [3.63, 3.8) is 0 Å². The van der Waals surface area contributed by atoms with Crippen molar-refractivity contribution in [2.45, 2.75) is 0 Å². The molecule has 2 heteroatoms. The van der Waals surface area contributed by atoms with E-state index in [1.807, 2.05) is 0 Å². The van der Waals surface area contributed by atoms with E-state index in [4.69, 9.17) is 0 Å². The summed E-state index contributed by atoms with van der Waals surface area (Å²) in [5.41, 5.74) is 0.907. The molecule has 0 saturated heterocycles. The highest BCUT2D eigenvalue weighted by Crippen LogP contribution is 2.08. The van der Waals surface area contributed by atoms with Crippen LogP contribution in [0.25, 0.3) is 0 Å². The van der Waals surface area contributed by atoms with E-state index >= 15 is 0 Å². The van der Waals surface area contributed by atoms with Gasteiger partial charge in [-0.05, 0) is 17.7 Å². The van der Waals surface area contributed by atoms with Gasteiger partial charge in [0.05, 0.1) is 0 Å². The summed E-state index contributed by atoms with van der Waals surface area (Å²) in [4.78, 5) is 0. The van der Waals surface area contributed by atoms with Crippen LogP contribution in [-0.4, -0.2) is 5.37 Å². The minimum Gasteiger partial charge on any atom is -0.290 e. The van der Waals surface area contributed by atoms with Gasteiger partial charge in [-0.2, -0.15) is 0 Å². The van der Waals surface area contributed by atoms with E-state index in [1.54, 1.807) is 17.5 Å². The summed E-state index contributed by atoms with van der Waals surface area (Å²) >= 11 is 4.63. The number of benzene rings is 1. The van der Waals surface area contributed by atoms with Crippen LogP contribution in [-0.2, 0) is 5.11 Å². The number of rotatable bonds is 1. The summed E-state index contributed by atoms with van der Waals surface area (Å²) in [6.07, 6.45) is 0. The highest BCUT2D eigenvalue weighted by molar-refractivity contribution is 7.79. The Morgan fingerprint density at radius 2 is 1.78 bits per heavy atom. The third-order valence-electron chi connectivity index (χ3n) is 1.02. The van der Waals surface area contributed by atoms with Crippen molar-refractivity contribution in [1.29, 1.82) is 0 Å². The number of hydrogen-bond donors (Lipinski definition) is 0. The van der Waals surface area contributed by atoms with Crippen LogP contribution in [0.2, 0.25) is 0 Å². The molecule has 1 aromatic rings. The average molecular weight is 137 g/mol. The third-order valence-corrected chi connectivity index (χ3v) is 1.29. The van der Waals surface area contributed by atoms with Gasteiger partial charge in [0.15, 0.2) is 5.75 Å². The van der Waals surface area contributed by atoms with E-state index < -0.39 is 0 Å². The summed E-state index contributed by atoms with van der Waals surface area (Å²) in [5.74, 6) is 0.0237. The predicted molar refractivity (Wildman–Crippen MR) is 39.3 cm³/mol. The zero-order valence-electron chi connectivity index (χ0n) is 4.70. The Kier molecular flexibility index (Phi) is 1.80. The van der Waals surface area contributed by atoms with Crippen LogP contribution in [0.3, 0.4) is 0 Å². The first-order valence-electron chi connectivity index (χ1n) is 2.55. The molecule has 0 atom stereocenters. The zero-order valence-corrected chi connectivity index (χ0v) is 5.52. The maximum absolute atomic E-state index is 10.5. The summed E-state index contributed by atoms with van der Waals surface area (Å²) < 4.78 is 0. The predicted octanol–water partition coefficient (Wildman–Crippen LogP) is 2.18. The Morgan fingerprint density at radius 3 is 2.22 bits per heavy atom. The number of thiocarbonyl (C=S) groups is 1. The average Bonchev–Trinajstić information content (AvgIpc) is 1.90. The Labute approximate surface area is 58.9 Å². The van der Waals surface area contributed by atoms with Crippen LogP contribution in [0, 0.1) is 0 Å². The first-order chi connectivity index (χ1) is 4.33. The first-order valence-corrected chi connectivity index (χ1v) is 3.02. The fourth-order valence-corrected chi connectivity index (χ4v) is 0.704. The minimum atomic E-state index is 0.0237. The van der Waals surface area contributed by atoms with E-state index in [9.17, 15) is 5.11 Å².